The summed E-state index contributed by atoms with van der Waals surface area (Å²) in [5.74, 6) is -2.72. The quantitative estimate of drug-likeness (QED) is 0.543. The third-order valence-corrected chi connectivity index (χ3v) is 3.50. The Labute approximate surface area is 145 Å². The Kier molecular flexibility index (Phi) is 6.25. The van der Waals surface area contributed by atoms with Gasteiger partial charge in [-0.25, -0.2) is 0 Å². The lowest BCUT2D eigenvalue weighted by molar-refractivity contribution is -0.146. The van der Waals surface area contributed by atoms with Crippen molar-refractivity contribution in [1.82, 2.24) is 10.2 Å². The molecule has 25 heavy (non-hydrogen) atoms. The van der Waals surface area contributed by atoms with Crippen LogP contribution in [0.15, 0.2) is 54.6 Å². The van der Waals surface area contributed by atoms with E-state index in [9.17, 15) is 14.4 Å². The van der Waals surface area contributed by atoms with Crippen LogP contribution in [0.2, 0.25) is 0 Å². The second-order valence-corrected chi connectivity index (χ2v) is 5.31. The van der Waals surface area contributed by atoms with Crippen LogP contribution in [0.4, 0.5) is 5.69 Å². The maximum Gasteiger partial charge on any atom is 0.316 e. The van der Waals surface area contributed by atoms with Crippen LogP contribution in [-0.2, 0) is 16.1 Å². The molecule has 0 heterocycles. The number of aliphatic hydroxyl groups excluding tert-OH is 1. The van der Waals surface area contributed by atoms with Gasteiger partial charge in [-0.1, -0.05) is 42.5 Å². The summed E-state index contributed by atoms with van der Waals surface area (Å²) in [6.45, 7) is -0.177. The van der Waals surface area contributed by atoms with E-state index in [1.54, 1.807) is 36.4 Å². The highest BCUT2D eigenvalue weighted by atomic mass is 16.3. The number of amides is 3. The average molecular weight is 341 g/mol. The summed E-state index contributed by atoms with van der Waals surface area (Å²) in [7, 11) is 0. The van der Waals surface area contributed by atoms with Gasteiger partial charge in [0.15, 0.2) is 0 Å². The first-order chi connectivity index (χ1) is 12.0. The van der Waals surface area contributed by atoms with Crippen molar-refractivity contribution >= 4 is 23.4 Å². The lowest BCUT2D eigenvalue weighted by Crippen LogP contribution is -2.45. The van der Waals surface area contributed by atoms with Crippen molar-refractivity contribution < 1.29 is 19.5 Å². The van der Waals surface area contributed by atoms with Crippen LogP contribution < -0.4 is 11.1 Å². The lowest BCUT2D eigenvalue weighted by atomic mass is 10.1. The van der Waals surface area contributed by atoms with E-state index in [2.05, 4.69) is 0 Å². The zero-order chi connectivity index (χ0) is 18.2. The normalized spacial score (nSPS) is 10.1. The fourth-order valence-corrected chi connectivity index (χ4v) is 2.25. The SMILES string of the molecule is Nc1ccccc1C(=O)NC(=O)C(=O)N(CCO)Cc1ccccc1. The molecule has 0 fully saturated rings. The lowest BCUT2D eigenvalue weighted by Gasteiger charge is -2.21. The van der Waals surface area contributed by atoms with Gasteiger partial charge in [-0.3, -0.25) is 19.7 Å². The Bertz CT molecular complexity index is 762. The van der Waals surface area contributed by atoms with E-state index in [0.29, 0.717) is 0 Å². The third-order valence-electron chi connectivity index (χ3n) is 3.50. The zero-order valence-electron chi connectivity index (χ0n) is 13.5. The van der Waals surface area contributed by atoms with E-state index < -0.39 is 17.7 Å². The van der Waals surface area contributed by atoms with Gasteiger partial charge in [-0.15, -0.1) is 0 Å². The number of anilines is 1. The second-order valence-electron chi connectivity index (χ2n) is 5.31. The van der Waals surface area contributed by atoms with Crippen LogP contribution in [0.25, 0.3) is 0 Å². The minimum atomic E-state index is -1.07. The van der Waals surface area contributed by atoms with Gasteiger partial charge in [0.25, 0.3) is 5.91 Å². The summed E-state index contributed by atoms with van der Waals surface area (Å²) < 4.78 is 0. The van der Waals surface area contributed by atoms with Gasteiger partial charge in [0.05, 0.1) is 12.2 Å². The number of carbonyl (C=O) groups is 3. The van der Waals surface area contributed by atoms with Crippen LogP contribution >= 0.6 is 0 Å². The van der Waals surface area contributed by atoms with Crippen LogP contribution in [0.5, 0.6) is 0 Å². The number of carbonyl (C=O) groups excluding carboxylic acids is 3. The van der Waals surface area contributed by atoms with Gasteiger partial charge < -0.3 is 15.7 Å². The molecule has 0 aliphatic rings. The molecule has 3 amide bonds. The van der Waals surface area contributed by atoms with Crippen LogP contribution in [-0.4, -0.2) is 40.9 Å². The number of hydrogen-bond acceptors (Lipinski definition) is 5. The summed E-state index contributed by atoms with van der Waals surface area (Å²) in [6.07, 6.45) is 0. The Balaban J connectivity index is 2.06. The first kappa shape index (κ1) is 18.2. The smallest absolute Gasteiger partial charge is 0.316 e. The molecule has 0 aliphatic carbocycles. The molecule has 2 rings (SSSR count). The van der Waals surface area contributed by atoms with E-state index in [1.807, 2.05) is 11.4 Å². The zero-order valence-corrected chi connectivity index (χ0v) is 13.5. The molecule has 2 aromatic rings. The molecule has 7 nitrogen and oxygen atoms in total. The summed E-state index contributed by atoms with van der Waals surface area (Å²) in [6, 6.07) is 15.3. The van der Waals surface area contributed by atoms with Crippen LogP contribution in [0.3, 0.4) is 0 Å². The maximum absolute atomic E-state index is 12.3. The monoisotopic (exact) mass is 341 g/mol. The van der Waals surface area contributed by atoms with Crippen molar-refractivity contribution in [2.45, 2.75) is 6.54 Å². The van der Waals surface area contributed by atoms with Crippen molar-refractivity contribution in [3.63, 3.8) is 0 Å². The summed E-state index contributed by atoms with van der Waals surface area (Å²) >= 11 is 0. The summed E-state index contributed by atoms with van der Waals surface area (Å²) in [5, 5.41) is 11.2. The Hall–Kier alpha value is -3.19. The predicted molar refractivity (Wildman–Crippen MR) is 92.3 cm³/mol. The Morgan fingerprint density at radius 2 is 1.64 bits per heavy atom. The van der Waals surface area contributed by atoms with Gasteiger partial charge in [0, 0.05) is 18.8 Å². The molecular formula is C18H19N3O4. The van der Waals surface area contributed by atoms with Crippen molar-refractivity contribution in [2.75, 3.05) is 18.9 Å². The molecule has 0 radical (unpaired) electrons. The van der Waals surface area contributed by atoms with E-state index in [4.69, 9.17) is 10.8 Å². The molecule has 4 N–H and O–H groups in total. The average Bonchev–Trinajstić information content (AvgIpc) is 2.62. The number of rotatable bonds is 5. The maximum atomic E-state index is 12.3. The Morgan fingerprint density at radius 1 is 1.00 bits per heavy atom. The number of nitrogens with one attached hydrogen (secondary N) is 1. The number of nitrogens with zero attached hydrogens (tertiary/aromatic N) is 1. The number of para-hydroxylation sites is 1. The standard InChI is InChI=1S/C18H19N3O4/c19-15-9-5-4-8-14(15)16(23)20-17(24)18(25)21(10-11-22)12-13-6-2-1-3-7-13/h1-9,22H,10-12,19H2,(H,20,23,24). The van der Waals surface area contributed by atoms with E-state index in [1.165, 1.54) is 17.0 Å². The molecule has 130 valence electrons. The van der Waals surface area contributed by atoms with Gasteiger partial charge in [0.2, 0.25) is 0 Å². The molecule has 0 bridgehead atoms. The summed E-state index contributed by atoms with van der Waals surface area (Å²) in [4.78, 5) is 37.7. The molecule has 0 unspecified atom stereocenters. The highest BCUT2D eigenvalue weighted by Gasteiger charge is 2.24. The molecule has 0 atom stereocenters. The van der Waals surface area contributed by atoms with Crippen molar-refractivity contribution in [1.29, 1.82) is 0 Å². The molecule has 2 aromatic carbocycles. The Morgan fingerprint density at radius 3 is 2.28 bits per heavy atom. The van der Waals surface area contributed by atoms with Crippen LogP contribution in [0.1, 0.15) is 15.9 Å². The fourth-order valence-electron chi connectivity index (χ4n) is 2.25. The molecule has 0 spiro atoms. The molecule has 7 heteroatoms. The molecule has 0 saturated heterocycles. The number of nitrogens with two attached hydrogens (primary N) is 1. The number of aliphatic hydroxyl groups is 1. The number of benzene rings is 2. The first-order valence-electron chi connectivity index (χ1n) is 7.66. The molecular weight excluding hydrogens is 322 g/mol. The summed E-state index contributed by atoms with van der Waals surface area (Å²) in [5.41, 5.74) is 6.80. The van der Waals surface area contributed by atoms with Crippen LogP contribution in [0, 0.1) is 0 Å². The fraction of sp³-hybridized carbons (Fsp3) is 0.167. The van der Waals surface area contributed by atoms with Gasteiger partial charge in [-0.2, -0.15) is 0 Å². The third kappa shape index (κ3) is 4.89. The number of hydrogen-bond donors (Lipinski definition) is 3. The largest absolute Gasteiger partial charge is 0.398 e. The van der Waals surface area contributed by atoms with Crippen molar-refractivity contribution in [2.24, 2.45) is 0 Å². The minimum Gasteiger partial charge on any atom is -0.398 e. The number of imide groups is 1. The van der Waals surface area contributed by atoms with Crippen molar-refractivity contribution in [3.05, 3.63) is 65.7 Å². The van der Waals surface area contributed by atoms with E-state index in [-0.39, 0.29) is 30.9 Å². The second kappa shape index (κ2) is 8.60. The van der Waals surface area contributed by atoms with Gasteiger partial charge in [-0.05, 0) is 17.7 Å². The van der Waals surface area contributed by atoms with Gasteiger partial charge >= 0.3 is 11.8 Å². The minimum absolute atomic E-state index is 0.0250. The van der Waals surface area contributed by atoms with Crippen molar-refractivity contribution in [3.8, 4) is 0 Å². The van der Waals surface area contributed by atoms with E-state index in [0.717, 1.165) is 5.56 Å². The predicted octanol–water partition coefficient (Wildman–Crippen LogP) is 0.546. The topological polar surface area (TPSA) is 113 Å². The highest BCUT2D eigenvalue weighted by Crippen LogP contribution is 2.10. The first-order valence-corrected chi connectivity index (χ1v) is 7.66. The molecule has 0 aromatic heterocycles. The molecule has 0 aliphatic heterocycles. The van der Waals surface area contributed by atoms with E-state index >= 15 is 0 Å². The highest BCUT2D eigenvalue weighted by molar-refractivity contribution is 6.38. The number of nitrogen functional groups attached to an aromatic ring is 1. The van der Waals surface area contributed by atoms with Gasteiger partial charge in [0.1, 0.15) is 0 Å². The molecule has 0 saturated carbocycles.